The smallest absolute Gasteiger partial charge is 0.0807 e. The molecule has 0 aliphatic rings. The van der Waals surface area contributed by atoms with Gasteiger partial charge in [-0.1, -0.05) is 62.0 Å². The molecular formula is C13H18Cl2O. The number of rotatable bonds is 5. The van der Waals surface area contributed by atoms with Crippen LogP contribution in [0.15, 0.2) is 18.2 Å². The number of hydrogen-bond donors (Lipinski definition) is 1. The highest BCUT2D eigenvalue weighted by atomic mass is 35.5. The van der Waals surface area contributed by atoms with Crippen molar-refractivity contribution < 1.29 is 5.11 Å². The largest absolute Gasteiger partial charge is 0.388 e. The summed E-state index contributed by atoms with van der Waals surface area (Å²) in [5.74, 6) is 0.495. The van der Waals surface area contributed by atoms with E-state index in [-0.39, 0.29) is 0 Å². The topological polar surface area (TPSA) is 20.2 Å². The van der Waals surface area contributed by atoms with E-state index in [0.717, 1.165) is 24.8 Å². The molecule has 1 rings (SSSR count). The van der Waals surface area contributed by atoms with Gasteiger partial charge in [0, 0.05) is 5.56 Å². The third-order valence-corrected chi connectivity index (χ3v) is 3.58. The lowest BCUT2D eigenvalue weighted by Crippen LogP contribution is -2.05. The van der Waals surface area contributed by atoms with E-state index in [1.54, 1.807) is 6.07 Å². The van der Waals surface area contributed by atoms with Crippen LogP contribution in [0.4, 0.5) is 0 Å². The molecule has 0 heterocycles. The average Bonchev–Trinajstić information content (AvgIpc) is 2.22. The van der Waals surface area contributed by atoms with Crippen molar-refractivity contribution in [3.05, 3.63) is 33.8 Å². The number of aliphatic hydroxyl groups excluding tert-OH is 1. The zero-order valence-corrected chi connectivity index (χ0v) is 11.2. The third-order valence-electron chi connectivity index (χ3n) is 2.75. The van der Waals surface area contributed by atoms with Gasteiger partial charge in [-0.05, 0) is 18.4 Å². The second-order valence-corrected chi connectivity index (χ2v) is 5.07. The molecule has 0 bridgehead atoms. The normalized spacial score (nSPS) is 14.8. The minimum Gasteiger partial charge on any atom is -0.388 e. The predicted molar refractivity (Wildman–Crippen MR) is 70.1 cm³/mol. The van der Waals surface area contributed by atoms with Gasteiger partial charge in [0.05, 0.1) is 16.1 Å². The van der Waals surface area contributed by atoms with E-state index in [1.807, 2.05) is 12.1 Å². The van der Waals surface area contributed by atoms with Gasteiger partial charge in [0.2, 0.25) is 0 Å². The molecule has 3 heteroatoms. The highest BCUT2D eigenvalue weighted by molar-refractivity contribution is 6.42. The second-order valence-electron chi connectivity index (χ2n) is 4.29. The molecule has 0 saturated carbocycles. The van der Waals surface area contributed by atoms with Gasteiger partial charge in [-0.3, -0.25) is 0 Å². The molecule has 1 aromatic rings. The van der Waals surface area contributed by atoms with Crippen molar-refractivity contribution in [2.45, 2.75) is 39.2 Å². The number of halogens is 2. The first kappa shape index (κ1) is 13.8. The Balaban J connectivity index is 2.72. The van der Waals surface area contributed by atoms with Crippen LogP contribution in [-0.4, -0.2) is 5.11 Å². The molecule has 1 aromatic carbocycles. The molecule has 0 spiro atoms. The first-order valence-electron chi connectivity index (χ1n) is 5.68. The van der Waals surface area contributed by atoms with Crippen molar-refractivity contribution >= 4 is 23.2 Å². The fourth-order valence-electron chi connectivity index (χ4n) is 1.90. The van der Waals surface area contributed by atoms with Crippen molar-refractivity contribution in [3.63, 3.8) is 0 Å². The van der Waals surface area contributed by atoms with E-state index in [0.29, 0.717) is 16.0 Å². The van der Waals surface area contributed by atoms with Crippen molar-refractivity contribution in [1.82, 2.24) is 0 Å². The molecule has 0 amide bonds. The molecule has 0 fully saturated rings. The van der Waals surface area contributed by atoms with Gasteiger partial charge in [0.25, 0.3) is 0 Å². The zero-order chi connectivity index (χ0) is 12.1. The molecule has 2 atom stereocenters. The first-order chi connectivity index (χ1) is 7.56. The minimum atomic E-state index is -0.521. The SMILES string of the molecule is CCCC(C)CC(O)c1cccc(Cl)c1Cl. The molecule has 0 aromatic heterocycles. The van der Waals surface area contributed by atoms with Gasteiger partial charge in [-0.15, -0.1) is 0 Å². The lowest BCUT2D eigenvalue weighted by atomic mass is 9.95. The second kappa shape index (κ2) is 6.48. The fourth-order valence-corrected chi connectivity index (χ4v) is 2.33. The van der Waals surface area contributed by atoms with Crippen LogP contribution >= 0.6 is 23.2 Å². The van der Waals surface area contributed by atoms with Crippen LogP contribution in [0.5, 0.6) is 0 Å². The van der Waals surface area contributed by atoms with Crippen LogP contribution in [0.3, 0.4) is 0 Å². The molecule has 0 aliphatic carbocycles. The van der Waals surface area contributed by atoms with Crippen LogP contribution in [0.25, 0.3) is 0 Å². The molecule has 1 N–H and O–H groups in total. The lowest BCUT2D eigenvalue weighted by Gasteiger charge is -2.17. The van der Waals surface area contributed by atoms with Gasteiger partial charge in [-0.2, -0.15) is 0 Å². The van der Waals surface area contributed by atoms with Crippen LogP contribution in [0.1, 0.15) is 44.8 Å². The number of benzene rings is 1. The maximum Gasteiger partial charge on any atom is 0.0807 e. The first-order valence-corrected chi connectivity index (χ1v) is 6.43. The standard InChI is InChI=1S/C13H18Cl2O/c1-3-5-9(2)8-12(16)10-6-4-7-11(14)13(10)15/h4,6-7,9,12,16H,3,5,8H2,1-2H3. The molecular weight excluding hydrogens is 243 g/mol. The summed E-state index contributed by atoms with van der Waals surface area (Å²) < 4.78 is 0. The quantitative estimate of drug-likeness (QED) is 0.803. The number of hydrogen-bond acceptors (Lipinski definition) is 1. The van der Waals surface area contributed by atoms with Gasteiger partial charge in [0.1, 0.15) is 0 Å². The van der Waals surface area contributed by atoms with E-state index < -0.39 is 6.10 Å². The monoisotopic (exact) mass is 260 g/mol. The van der Waals surface area contributed by atoms with Crippen LogP contribution in [0, 0.1) is 5.92 Å². The molecule has 90 valence electrons. The number of aliphatic hydroxyl groups is 1. The maximum atomic E-state index is 10.1. The van der Waals surface area contributed by atoms with Gasteiger partial charge in [-0.25, -0.2) is 0 Å². The Labute approximate surface area is 107 Å². The Morgan fingerprint density at radius 1 is 1.31 bits per heavy atom. The van der Waals surface area contributed by atoms with Gasteiger partial charge in [0.15, 0.2) is 0 Å². The Bertz CT molecular complexity index is 339. The van der Waals surface area contributed by atoms with E-state index in [4.69, 9.17) is 23.2 Å². The Morgan fingerprint density at radius 3 is 2.62 bits per heavy atom. The summed E-state index contributed by atoms with van der Waals surface area (Å²) in [5, 5.41) is 11.1. The molecule has 0 radical (unpaired) electrons. The summed E-state index contributed by atoms with van der Waals surface area (Å²) in [6, 6.07) is 5.38. The summed E-state index contributed by atoms with van der Waals surface area (Å²) in [7, 11) is 0. The van der Waals surface area contributed by atoms with E-state index in [9.17, 15) is 5.11 Å². The summed E-state index contributed by atoms with van der Waals surface area (Å²) in [6.07, 6.45) is 2.47. The molecule has 1 nitrogen and oxygen atoms in total. The zero-order valence-electron chi connectivity index (χ0n) is 9.71. The average molecular weight is 261 g/mol. The molecule has 0 saturated heterocycles. The van der Waals surface area contributed by atoms with Crippen molar-refractivity contribution in [1.29, 1.82) is 0 Å². The highest BCUT2D eigenvalue weighted by Crippen LogP contribution is 2.33. The fraction of sp³-hybridized carbons (Fsp3) is 0.538. The summed E-state index contributed by atoms with van der Waals surface area (Å²) in [6.45, 7) is 4.29. The van der Waals surface area contributed by atoms with Crippen molar-refractivity contribution in [2.75, 3.05) is 0 Å². The van der Waals surface area contributed by atoms with E-state index >= 15 is 0 Å². The van der Waals surface area contributed by atoms with Gasteiger partial charge >= 0.3 is 0 Å². The molecule has 0 aliphatic heterocycles. The van der Waals surface area contributed by atoms with Crippen LogP contribution < -0.4 is 0 Å². The Morgan fingerprint density at radius 2 is 2.00 bits per heavy atom. The molecule has 2 unspecified atom stereocenters. The van der Waals surface area contributed by atoms with Crippen LogP contribution in [0.2, 0.25) is 10.0 Å². The van der Waals surface area contributed by atoms with Crippen LogP contribution in [-0.2, 0) is 0 Å². The third kappa shape index (κ3) is 3.65. The van der Waals surface area contributed by atoms with Crippen molar-refractivity contribution in [3.8, 4) is 0 Å². The Kier molecular flexibility index (Phi) is 5.60. The lowest BCUT2D eigenvalue weighted by molar-refractivity contribution is 0.145. The highest BCUT2D eigenvalue weighted by Gasteiger charge is 2.16. The Hall–Kier alpha value is -0.240. The van der Waals surface area contributed by atoms with Crippen molar-refractivity contribution in [2.24, 2.45) is 5.92 Å². The van der Waals surface area contributed by atoms with E-state index in [1.165, 1.54) is 0 Å². The molecule has 16 heavy (non-hydrogen) atoms. The summed E-state index contributed by atoms with van der Waals surface area (Å²) in [5.41, 5.74) is 0.733. The maximum absolute atomic E-state index is 10.1. The van der Waals surface area contributed by atoms with E-state index in [2.05, 4.69) is 13.8 Å². The minimum absolute atomic E-state index is 0.473. The summed E-state index contributed by atoms with van der Waals surface area (Å²) in [4.78, 5) is 0. The summed E-state index contributed by atoms with van der Waals surface area (Å²) >= 11 is 12.0. The predicted octanol–water partition coefficient (Wildman–Crippen LogP) is 4.85. The van der Waals surface area contributed by atoms with Gasteiger partial charge < -0.3 is 5.11 Å².